The smallest absolute Gasteiger partial charge is 0.274 e. The number of anilines is 3. The van der Waals surface area contributed by atoms with Crippen molar-refractivity contribution in [1.82, 2.24) is 4.98 Å². The van der Waals surface area contributed by atoms with Crippen molar-refractivity contribution in [3.05, 3.63) is 83.7 Å². The Balaban J connectivity index is 1.59. The number of para-hydroxylation sites is 1. The Morgan fingerprint density at radius 3 is 2.84 bits per heavy atom. The maximum atomic E-state index is 12.5. The molecule has 0 atom stereocenters. The van der Waals surface area contributed by atoms with Crippen LogP contribution >= 0.6 is 0 Å². The van der Waals surface area contributed by atoms with Crippen LogP contribution in [0.5, 0.6) is 0 Å². The lowest BCUT2D eigenvalue weighted by atomic mass is 10.2. The van der Waals surface area contributed by atoms with Crippen LogP contribution in [0, 0.1) is 6.92 Å². The lowest BCUT2D eigenvalue weighted by molar-refractivity contribution is 0.102. The van der Waals surface area contributed by atoms with Crippen LogP contribution in [0.1, 0.15) is 21.6 Å². The van der Waals surface area contributed by atoms with E-state index in [0.29, 0.717) is 5.69 Å². The second-order valence-electron chi connectivity index (χ2n) is 6.25. The van der Waals surface area contributed by atoms with E-state index in [2.05, 4.69) is 33.4 Å². The third-order valence-electron chi connectivity index (χ3n) is 4.45. The van der Waals surface area contributed by atoms with Gasteiger partial charge in [-0.25, -0.2) is 0 Å². The Morgan fingerprint density at radius 2 is 1.96 bits per heavy atom. The molecule has 3 aromatic rings. The second-order valence-corrected chi connectivity index (χ2v) is 6.25. The highest BCUT2D eigenvalue weighted by atomic mass is 16.1. The van der Waals surface area contributed by atoms with E-state index in [1.165, 1.54) is 11.3 Å². The molecule has 0 aliphatic carbocycles. The molecule has 2 heterocycles. The largest absolute Gasteiger partial charge is 0.341 e. The summed E-state index contributed by atoms with van der Waals surface area (Å²) in [5, 5.41) is 2.92. The number of hydrogen-bond donors (Lipinski definition) is 1. The van der Waals surface area contributed by atoms with Crippen molar-refractivity contribution < 1.29 is 4.79 Å². The molecule has 0 radical (unpaired) electrons. The Hall–Kier alpha value is -3.14. The molecule has 0 bridgehead atoms. The van der Waals surface area contributed by atoms with E-state index in [4.69, 9.17) is 0 Å². The number of hydrogen-bond acceptors (Lipinski definition) is 3. The molecule has 1 amide bonds. The maximum absolute atomic E-state index is 12.5. The Morgan fingerprint density at radius 1 is 1.08 bits per heavy atom. The number of nitrogens with zero attached hydrogens (tertiary/aromatic N) is 2. The first-order valence-corrected chi connectivity index (χ1v) is 8.40. The number of aromatic nitrogens is 1. The lowest BCUT2D eigenvalue weighted by Gasteiger charge is -2.19. The van der Waals surface area contributed by atoms with Crippen LogP contribution in [0.2, 0.25) is 0 Å². The van der Waals surface area contributed by atoms with Crippen LogP contribution in [-0.2, 0) is 6.42 Å². The highest BCUT2D eigenvalue weighted by Crippen LogP contribution is 2.34. The predicted molar refractivity (Wildman–Crippen MR) is 101 cm³/mol. The van der Waals surface area contributed by atoms with Crippen LogP contribution in [0.3, 0.4) is 0 Å². The van der Waals surface area contributed by atoms with E-state index in [-0.39, 0.29) is 5.91 Å². The summed E-state index contributed by atoms with van der Waals surface area (Å²) in [4.78, 5) is 19.0. The average Bonchev–Trinajstić information content (AvgIpc) is 3.06. The molecule has 1 aliphatic rings. The molecule has 2 aromatic carbocycles. The Bertz CT molecular complexity index is 936. The first-order valence-electron chi connectivity index (χ1n) is 8.40. The number of benzene rings is 2. The molecule has 0 unspecified atom stereocenters. The number of amides is 1. The van der Waals surface area contributed by atoms with Gasteiger partial charge in [0.05, 0.1) is 0 Å². The molecule has 0 spiro atoms. The maximum Gasteiger partial charge on any atom is 0.274 e. The van der Waals surface area contributed by atoms with Gasteiger partial charge in [0.25, 0.3) is 5.91 Å². The number of rotatable bonds is 3. The van der Waals surface area contributed by atoms with Gasteiger partial charge in [-0.1, -0.05) is 30.3 Å². The van der Waals surface area contributed by atoms with Crippen molar-refractivity contribution in [3.8, 4) is 0 Å². The highest BCUT2D eigenvalue weighted by molar-refractivity contribution is 6.03. The van der Waals surface area contributed by atoms with E-state index in [1.54, 1.807) is 6.20 Å². The van der Waals surface area contributed by atoms with Gasteiger partial charge in [0.1, 0.15) is 5.69 Å². The van der Waals surface area contributed by atoms with Crippen molar-refractivity contribution in [1.29, 1.82) is 0 Å². The molecule has 0 saturated carbocycles. The van der Waals surface area contributed by atoms with Crippen LogP contribution in [0.15, 0.2) is 66.9 Å². The number of nitrogens with one attached hydrogen (secondary N) is 1. The number of pyridine rings is 1. The van der Waals surface area contributed by atoms with E-state index in [9.17, 15) is 4.79 Å². The highest BCUT2D eigenvalue weighted by Gasteiger charge is 2.20. The van der Waals surface area contributed by atoms with Gasteiger partial charge in [-0.2, -0.15) is 0 Å². The van der Waals surface area contributed by atoms with Crippen LogP contribution in [0.4, 0.5) is 17.1 Å². The van der Waals surface area contributed by atoms with Gasteiger partial charge < -0.3 is 10.2 Å². The summed E-state index contributed by atoms with van der Waals surface area (Å²) >= 11 is 0. The van der Waals surface area contributed by atoms with Gasteiger partial charge in [-0.15, -0.1) is 0 Å². The zero-order chi connectivity index (χ0) is 17.2. The van der Waals surface area contributed by atoms with Gasteiger partial charge in [-0.3, -0.25) is 9.78 Å². The number of fused-ring (bicyclic) bond motifs is 1. The SMILES string of the molecule is Cc1cccc(NC(=O)c2cc(N3CCc4ccccc43)ccn2)c1. The Kier molecular flexibility index (Phi) is 3.94. The third kappa shape index (κ3) is 3.11. The Labute approximate surface area is 147 Å². The molecule has 1 aliphatic heterocycles. The van der Waals surface area contributed by atoms with Gasteiger partial charge in [0.15, 0.2) is 0 Å². The van der Waals surface area contributed by atoms with Crippen LogP contribution in [-0.4, -0.2) is 17.4 Å². The first-order chi connectivity index (χ1) is 12.2. The summed E-state index contributed by atoms with van der Waals surface area (Å²) in [7, 11) is 0. The number of carbonyl (C=O) groups is 1. The molecule has 1 aromatic heterocycles. The molecule has 0 saturated heterocycles. The summed E-state index contributed by atoms with van der Waals surface area (Å²) in [6.07, 6.45) is 2.71. The fourth-order valence-corrected chi connectivity index (χ4v) is 3.24. The zero-order valence-electron chi connectivity index (χ0n) is 14.1. The molecule has 0 fully saturated rings. The average molecular weight is 329 g/mol. The first kappa shape index (κ1) is 15.4. The molecule has 25 heavy (non-hydrogen) atoms. The standard InChI is InChI=1S/C21H19N3O/c1-15-5-4-7-17(13-15)23-21(25)19-14-18(9-11-22-19)24-12-10-16-6-2-3-8-20(16)24/h2-9,11,13-14H,10,12H2,1H3,(H,23,25). The monoisotopic (exact) mass is 329 g/mol. The molecular weight excluding hydrogens is 310 g/mol. The summed E-state index contributed by atoms with van der Waals surface area (Å²) in [6, 6.07) is 19.9. The summed E-state index contributed by atoms with van der Waals surface area (Å²) < 4.78 is 0. The topological polar surface area (TPSA) is 45.2 Å². The van der Waals surface area contributed by atoms with E-state index >= 15 is 0 Å². The van der Waals surface area contributed by atoms with Crippen molar-refractivity contribution in [2.45, 2.75) is 13.3 Å². The lowest BCUT2D eigenvalue weighted by Crippen LogP contribution is -2.17. The van der Waals surface area contributed by atoms with E-state index in [0.717, 1.165) is 29.9 Å². The van der Waals surface area contributed by atoms with Gasteiger partial charge in [-0.05, 0) is 54.8 Å². The summed E-state index contributed by atoms with van der Waals surface area (Å²) in [5.74, 6) is -0.195. The van der Waals surface area contributed by atoms with Gasteiger partial charge >= 0.3 is 0 Å². The van der Waals surface area contributed by atoms with Crippen molar-refractivity contribution >= 4 is 23.0 Å². The van der Waals surface area contributed by atoms with E-state index in [1.807, 2.05) is 49.4 Å². The number of carbonyl (C=O) groups excluding carboxylic acids is 1. The second kappa shape index (κ2) is 6.40. The summed E-state index contributed by atoms with van der Waals surface area (Å²) in [5.41, 5.74) is 5.85. The van der Waals surface area contributed by atoms with Gasteiger partial charge in [0, 0.05) is 29.8 Å². The zero-order valence-corrected chi connectivity index (χ0v) is 14.1. The minimum atomic E-state index is -0.195. The summed E-state index contributed by atoms with van der Waals surface area (Å²) in [6.45, 7) is 2.92. The van der Waals surface area contributed by atoms with Crippen molar-refractivity contribution in [2.75, 3.05) is 16.8 Å². The van der Waals surface area contributed by atoms with E-state index < -0.39 is 0 Å². The molecule has 1 N–H and O–H groups in total. The fraction of sp³-hybridized carbons (Fsp3) is 0.143. The number of aryl methyl sites for hydroxylation is 1. The molecular formula is C21H19N3O. The normalized spacial score (nSPS) is 12.8. The van der Waals surface area contributed by atoms with Crippen LogP contribution in [0.25, 0.3) is 0 Å². The van der Waals surface area contributed by atoms with Crippen LogP contribution < -0.4 is 10.2 Å². The minimum absolute atomic E-state index is 0.195. The van der Waals surface area contributed by atoms with Crippen molar-refractivity contribution in [2.24, 2.45) is 0 Å². The van der Waals surface area contributed by atoms with Crippen molar-refractivity contribution in [3.63, 3.8) is 0 Å². The van der Waals surface area contributed by atoms with Gasteiger partial charge in [0.2, 0.25) is 0 Å². The third-order valence-corrected chi connectivity index (χ3v) is 4.45. The molecule has 4 nitrogen and oxygen atoms in total. The molecule has 4 heteroatoms. The quantitative estimate of drug-likeness (QED) is 0.777. The fourth-order valence-electron chi connectivity index (χ4n) is 3.24. The minimum Gasteiger partial charge on any atom is -0.341 e. The molecule has 4 rings (SSSR count). The predicted octanol–water partition coefficient (Wildman–Crippen LogP) is 4.34. The molecule has 124 valence electrons.